The molecule has 4 nitrogen and oxygen atoms in total. The van der Waals surface area contributed by atoms with E-state index in [0.29, 0.717) is 5.69 Å². The molecule has 1 aromatic carbocycles. The van der Waals surface area contributed by atoms with Crippen molar-refractivity contribution in [1.82, 2.24) is 0 Å². The van der Waals surface area contributed by atoms with Gasteiger partial charge in [-0.1, -0.05) is 6.07 Å². The van der Waals surface area contributed by atoms with Gasteiger partial charge in [0.2, 0.25) is 5.91 Å². The van der Waals surface area contributed by atoms with E-state index in [4.69, 9.17) is 5.11 Å². The summed E-state index contributed by atoms with van der Waals surface area (Å²) in [5.74, 6) is -0.392. The second kappa shape index (κ2) is 6.12. The van der Waals surface area contributed by atoms with Crippen LogP contribution in [0.1, 0.15) is 13.8 Å². The fourth-order valence-corrected chi connectivity index (χ4v) is 1.57. The standard InChI is InChI=1S/C12H18N2O2/c1-3-14(4-2)11-7-5-6-10(8-11)13-12(16)9-15/h5-8,15H,3-4,9H2,1-2H3,(H,13,16). The van der Waals surface area contributed by atoms with Crippen LogP contribution in [0.15, 0.2) is 24.3 Å². The monoisotopic (exact) mass is 222 g/mol. The van der Waals surface area contributed by atoms with Crippen LogP contribution in [-0.2, 0) is 4.79 Å². The fraction of sp³-hybridized carbons (Fsp3) is 0.417. The molecule has 4 heteroatoms. The maximum Gasteiger partial charge on any atom is 0.250 e. The summed E-state index contributed by atoms with van der Waals surface area (Å²) in [4.78, 5) is 13.2. The third kappa shape index (κ3) is 3.24. The molecule has 0 unspecified atom stereocenters. The number of hydrogen-bond acceptors (Lipinski definition) is 3. The quantitative estimate of drug-likeness (QED) is 0.793. The van der Waals surface area contributed by atoms with Crippen LogP contribution in [0.25, 0.3) is 0 Å². The van der Waals surface area contributed by atoms with Crippen LogP contribution < -0.4 is 10.2 Å². The van der Waals surface area contributed by atoms with Gasteiger partial charge in [-0.15, -0.1) is 0 Å². The van der Waals surface area contributed by atoms with Gasteiger partial charge in [-0.2, -0.15) is 0 Å². The normalized spacial score (nSPS) is 9.94. The number of nitrogens with one attached hydrogen (secondary N) is 1. The van der Waals surface area contributed by atoms with E-state index in [1.807, 2.05) is 18.2 Å². The van der Waals surface area contributed by atoms with E-state index >= 15 is 0 Å². The van der Waals surface area contributed by atoms with Gasteiger partial charge >= 0.3 is 0 Å². The molecule has 0 radical (unpaired) electrons. The smallest absolute Gasteiger partial charge is 0.250 e. The first-order chi connectivity index (χ1) is 7.71. The lowest BCUT2D eigenvalue weighted by Gasteiger charge is -2.21. The molecule has 1 rings (SSSR count). The Bertz CT molecular complexity index is 349. The lowest BCUT2D eigenvalue weighted by molar-refractivity contribution is -0.118. The minimum absolute atomic E-state index is 0.392. The summed E-state index contributed by atoms with van der Waals surface area (Å²) in [6.07, 6.45) is 0. The molecule has 0 aliphatic carbocycles. The van der Waals surface area contributed by atoms with Crippen molar-refractivity contribution in [2.75, 3.05) is 29.9 Å². The van der Waals surface area contributed by atoms with Crippen molar-refractivity contribution in [3.05, 3.63) is 24.3 Å². The number of rotatable bonds is 5. The van der Waals surface area contributed by atoms with Gasteiger partial charge in [0.15, 0.2) is 0 Å². The molecule has 0 heterocycles. The zero-order valence-corrected chi connectivity index (χ0v) is 9.73. The topological polar surface area (TPSA) is 52.6 Å². The van der Waals surface area contributed by atoms with Crippen LogP contribution >= 0.6 is 0 Å². The second-order valence-electron chi connectivity index (χ2n) is 3.43. The van der Waals surface area contributed by atoms with E-state index < -0.39 is 12.5 Å². The average molecular weight is 222 g/mol. The van der Waals surface area contributed by atoms with E-state index in [1.54, 1.807) is 6.07 Å². The Morgan fingerprint density at radius 2 is 2.06 bits per heavy atom. The fourth-order valence-electron chi connectivity index (χ4n) is 1.57. The highest BCUT2D eigenvalue weighted by Gasteiger charge is 2.04. The zero-order chi connectivity index (χ0) is 12.0. The van der Waals surface area contributed by atoms with Gasteiger partial charge in [0, 0.05) is 24.5 Å². The molecule has 1 amide bonds. The highest BCUT2D eigenvalue weighted by Crippen LogP contribution is 2.18. The third-order valence-corrected chi connectivity index (χ3v) is 2.40. The molecule has 2 N–H and O–H groups in total. The maximum absolute atomic E-state index is 11.0. The average Bonchev–Trinajstić information content (AvgIpc) is 2.31. The van der Waals surface area contributed by atoms with E-state index in [0.717, 1.165) is 18.8 Å². The molecule has 16 heavy (non-hydrogen) atoms. The Morgan fingerprint density at radius 3 is 2.62 bits per heavy atom. The Balaban J connectivity index is 2.81. The molecule has 0 atom stereocenters. The van der Waals surface area contributed by atoms with Crippen molar-refractivity contribution >= 4 is 17.3 Å². The van der Waals surface area contributed by atoms with Gasteiger partial charge < -0.3 is 15.3 Å². The van der Waals surface area contributed by atoms with Crippen molar-refractivity contribution in [3.63, 3.8) is 0 Å². The van der Waals surface area contributed by atoms with Gasteiger partial charge in [0.25, 0.3) is 0 Å². The number of aliphatic hydroxyl groups excluding tert-OH is 1. The van der Waals surface area contributed by atoms with E-state index in [2.05, 4.69) is 24.1 Å². The highest BCUT2D eigenvalue weighted by atomic mass is 16.3. The van der Waals surface area contributed by atoms with Crippen LogP contribution in [0, 0.1) is 0 Å². The predicted molar refractivity (Wildman–Crippen MR) is 65.7 cm³/mol. The summed E-state index contributed by atoms with van der Waals surface area (Å²) in [5.41, 5.74) is 1.78. The molecule has 0 saturated heterocycles. The first-order valence-electron chi connectivity index (χ1n) is 5.47. The molecule has 88 valence electrons. The van der Waals surface area contributed by atoms with Crippen LogP contribution in [-0.4, -0.2) is 30.7 Å². The number of carbonyl (C=O) groups is 1. The van der Waals surface area contributed by atoms with Crippen molar-refractivity contribution in [3.8, 4) is 0 Å². The number of hydrogen-bond donors (Lipinski definition) is 2. The molecule has 0 saturated carbocycles. The summed E-state index contributed by atoms with van der Waals surface area (Å²) in [7, 11) is 0. The minimum atomic E-state index is -0.491. The lowest BCUT2D eigenvalue weighted by Crippen LogP contribution is -2.22. The first-order valence-corrected chi connectivity index (χ1v) is 5.47. The molecule has 0 aliphatic heterocycles. The van der Waals surface area contributed by atoms with Crippen LogP contribution in [0.4, 0.5) is 11.4 Å². The Kier molecular flexibility index (Phi) is 4.79. The van der Waals surface area contributed by atoms with Gasteiger partial charge in [0.05, 0.1) is 0 Å². The highest BCUT2D eigenvalue weighted by molar-refractivity contribution is 5.92. The maximum atomic E-state index is 11.0. The summed E-state index contributed by atoms with van der Waals surface area (Å²) in [5, 5.41) is 11.3. The minimum Gasteiger partial charge on any atom is -0.387 e. The molecule has 0 fully saturated rings. The Labute approximate surface area is 95.9 Å². The van der Waals surface area contributed by atoms with Gasteiger partial charge in [-0.05, 0) is 32.0 Å². The number of carbonyl (C=O) groups excluding carboxylic acids is 1. The summed E-state index contributed by atoms with van der Waals surface area (Å²) in [6, 6.07) is 7.60. The lowest BCUT2D eigenvalue weighted by atomic mass is 10.2. The van der Waals surface area contributed by atoms with Crippen molar-refractivity contribution in [1.29, 1.82) is 0 Å². The van der Waals surface area contributed by atoms with Crippen LogP contribution in [0.3, 0.4) is 0 Å². The van der Waals surface area contributed by atoms with Crippen LogP contribution in [0.5, 0.6) is 0 Å². The number of anilines is 2. The molecule has 0 aliphatic rings. The molecular formula is C12H18N2O2. The molecule has 0 bridgehead atoms. The molecule has 0 aromatic heterocycles. The molecular weight excluding hydrogens is 204 g/mol. The van der Waals surface area contributed by atoms with Crippen LogP contribution in [0.2, 0.25) is 0 Å². The van der Waals surface area contributed by atoms with Gasteiger partial charge in [0.1, 0.15) is 6.61 Å². The number of benzene rings is 1. The van der Waals surface area contributed by atoms with E-state index in [9.17, 15) is 4.79 Å². The molecule has 0 spiro atoms. The predicted octanol–water partition coefficient (Wildman–Crippen LogP) is 1.46. The van der Waals surface area contributed by atoms with Crippen molar-refractivity contribution in [2.45, 2.75) is 13.8 Å². The second-order valence-corrected chi connectivity index (χ2v) is 3.43. The summed E-state index contributed by atoms with van der Waals surface area (Å²) < 4.78 is 0. The van der Waals surface area contributed by atoms with Crippen molar-refractivity contribution < 1.29 is 9.90 Å². The number of aliphatic hydroxyl groups is 1. The molecule has 1 aromatic rings. The van der Waals surface area contributed by atoms with Crippen molar-refractivity contribution in [2.24, 2.45) is 0 Å². The SMILES string of the molecule is CCN(CC)c1cccc(NC(=O)CO)c1. The summed E-state index contributed by atoms with van der Waals surface area (Å²) in [6.45, 7) is 5.53. The number of amides is 1. The largest absolute Gasteiger partial charge is 0.387 e. The van der Waals surface area contributed by atoms with E-state index in [1.165, 1.54) is 0 Å². The third-order valence-electron chi connectivity index (χ3n) is 2.40. The van der Waals surface area contributed by atoms with E-state index in [-0.39, 0.29) is 0 Å². The van der Waals surface area contributed by atoms with Gasteiger partial charge in [-0.3, -0.25) is 4.79 Å². The van der Waals surface area contributed by atoms with Gasteiger partial charge in [-0.25, -0.2) is 0 Å². The first kappa shape index (κ1) is 12.5. The number of nitrogens with zero attached hydrogens (tertiary/aromatic N) is 1. The Morgan fingerprint density at radius 1 is 1.38 bits per heavy atom. The Hall–Kier alpha value is -1.55. The zero-order valence-electron chi connectivity index (χ0n) is 9.73. The summed E-state index contributed by atoms with van der Waals surface area (Å²) >= 11 is 0.